The topological polar surface area (TPSA) is 58.6 Å². The van der Waals surface area contributed by atoms with Crippen LogP contribution in [0.1, 0.15) is 6.42 Å². The van der Waals surface area contributed by atoms with Crippen molar-refractivity contribution in [3.63, 3.8) is 0 Å². The standard InChI is InChI=1S/C10H13NO3/c1-11-8-2-4-9(5-3-8)14-7-6-10(12)13/h2-5,11H,6-7H2,1H3,(H,12,13). The first-order valence-corrected chi connectivity index (χ1v) is 4.35. The Hall–Kier alpha value is -1.71. The van der Waals surface area contributed by atoms with Crippen molar-refractivity contribution in [2.45, 2.75) is 6.42 Å². The van der Waals surface area contributed by atoms with E-state index in [0.717, 1.165) is 5.69 Å². The van der Waals surface area contributed by atoms with Crippen LogP contribution in [-0.2, 0) is 4.79 Å². The van der Waals surface area contributed by atoms with Gasteiger partial charge in [0, 0.05) is 12.7 Å². The molecule has 0 aliphatic carbocycles. The number of ether oxygens (including phenoxy) is 1. The van der Waals surface area contributed by atoms with Crippen LogP contribution in [0.5, 0.6) is 5.75 Å². The first-order chi connectivity index (χ1) is 6.72. The summed E-state index contributed by atoms with van der Waals surface area (Å²) in [6, 6.07) is 7.34. The van der Waals surface area contributed by atoms with Gasteiger partial charge in [-0.15, -0.1) is 0 Å². The Kier molecular flexibility index (Phi) is 3.79. The maximum atomic E-state index is 10.2. The average molecular weight is 195 g/mol. The fraction of sp³-hybridized carbons (Fsp3) is 0.300. The van der Waals surface area contributed by atoms with Crippen molar-refractivity contribution in [3.8, 4) is 5.75 Å². The second-order valence-corrected chi connectivity index (χ2v) is 2.77. The van der Waals surface area contributed by atoms with Gasteiger partial charge in [-0.05, 0) is 24.3 Å². The Balaban J connectivity index is 2.40. The molecule has 0 spiro atoms. The molecule has 0 heterocycles. The molecule has 4 heteroatoms. The van der Waals surface area contributed by atoms with E-state index in [2.05, 4.69) is 5.32 Å². The van der Waals surface area contributed by atoms with E-state index in [4.69, 9.17) is 9.84 Å². The molecule has 14 heavy (non-hydrogen) atoms. The molecule has 0 fully saturated rings. The summed E-state index contributed by atoms with van der Waals surface area (Å²) in [5.41, 5.74) is 0.996. The van der Waals surface area contributed by atoms with Crippen LogP contribution in [0.4, 0.5) is 5.69 Å². The average Bonchev–Trinajstić information content (AvgIpc) is 2.18. The van der Waals surface area contributed by atoms with E-state index in [-0.39, 0.29) is 13.0 Å². The van der Waals surface area contributed by atoms with E-state index < -0.39 is 5.97 Å². The van der Waals surface area contributed by atoms with E-state index in [1.807, 2.05) is 19.2 Å². The summed E-state index contributed by atoms with van der Waals surface area (Å²) < 4.78 is 5.21. The van der Waals surface area contributed by atoms with Gasteiger partial charge in [-0.2, -0.15) is 0 Å². The van der Waals surface area contributed by atoms with Crippen LogP contribution in [0, 0.1) is 0 Å². The third kappa shape index (κ3) is 3.35. The van der Waals surface area contributed by atoms with Crippen LogP contribution in [0.3, 0.4) is 0 Å². The van der Waals surface area contributed by atoms with Crippen LogP contribution in [-0.4, -0.2) is 24.7 Å². The fourth-order valence-electron chi connectivity index (χ4n) is 0.974. The van der Waals surface area contributed by atoms with Crippen molar-refractivity contribution < 1.29 is 14.6 Å². The number of hydrogen-bond donors (Lipinski definition) is 2. The molecule has 0 amide bonds. The number of carbonyl (C=O) groups is 1. The number of nitrogens with one attached hydrogen (secondary N) is 1. The first kappa shape index (κ1) is 10.4. The zero-order chi connectivity index (χ0) is 10.4. The normalized spacial score (nSPS) is 9.50. The van der Waals surface area contributed by atoms with Crippen molar-refractivity contribution in [2.24, 2.45) is 0 Å². The molecule has 0 saturated heterocycles. The second kappa shape index (κ2) is 5.11. The summed E-state index contributed by atoms with van der Waals surface area (Å²) >= 11 is 0. The molecule has 0 aromatic heterocycles. The monoisotopic (exact) mass is 195 g/mol. The SMILES string of the molecule is CNc1ccc(OCCC(=O)O)cc1. The third-order valence-electron chi connectivity index (χ3n) is 1.73. The summed E-state index contributed by atoms with van der Waals surface area (Å²) in [6.45, 7) is 0.203. The molecule has 1 aromatic rings. The van der Waals surface area contributed by atoms with Gasteiger partial charge in [0.25, 0.3) is 0 Å². The predicted octanol–water partition coefficient (Wildman–Crippen LogP) is 1.58. The highest BCUT2D eigenvalue weighted by atomic mass is 16.5. The molecule has 0 bridgehead atoms. The minimum atomic E-state index is -0.850. The minimum absolute atomic E-state index is 0.0216. The molecular formula is C10H13NO3. The van der Waals surface area contributed by atoms with Crippen LogP contribution in [0.25, 0.3) is 0 Å². The highest BCUT2D eigenvalue weighted by Crippen LogP contribution is 2.14. The highest BCUT2D eigenvalue weighted by molar-refractivity contribution is 5.66. The number of rotatable bonds is 5. The van der Waals surface area contributed by atoms with Gasteiger partial charge in [-0.1, -0.05) is 0 Å². The molecule has 0 atom stereocenters. The predicted molar refractivity (Wildman–Crippen MR) is 53.7 cm³/mol. The van der Waals surface area contributed by atoms with Crippen molar-refractivity contribution in [1.29, 1.82) is 0 Å². The summed E-state index contributed by atoms with van der Waals surface area (Å²) in [6.07, 6.45) is 0.0216. The van der Waals surface area contributed by atoms with Crippen LogP contribution < -0.4 is 10.1 Å². The van der Waals surface area contributed by atoms with E-state index in [9.17, 15) is 4.79 Å². The Bertz CT molecular complexity index is 295. The highest BCUT2D eigenvalue weighted by Gasteiger charge is 1.98. The van der Waals surface area contributed by atoms with Gasteiger partial charge in [0.1, 0.15) is 5.75 Å². The maximum absolute atomic E-state index is 10.2. The number of aliphatic carboxylic acids is 1. The van der Waals surface area contributed by atoms with Gasteiger partial charge in [-0.3, -0.25) is 4.79 Å². The van der Waals surface area contributed by atoms with Crippen molar-refractivity contribution in [3.05, 3.63) is 24.3 Å². The number of anilines is 1. The zero-order valence-corrected chi connectivity index (χ0v) is 7.99. The van der Waals surface area contributed by atoms with E-state index in [0.29, 0.717) is 5.75 Å². The van der Waals surface area contributed by atoms with E-state index >= 15 is 0 Å². The molecule has 2 N–H and O–H groups in total. The van der Waals surface area contributed by atoms with Crippen molar-refractivity contribution in [1.82, 2.24) is 0 Å². The van der Waals surface area contributed by atoms with Crippen LogP contribution >= 0.6 is 0 Å². The maximum Gasteiger partial charge on any atom is 0.306 e. The third-order valence-corrected chi connectivity index (χ3v) is 1.73. The summed E-state index contributed by atoms with van der Waals surface area (Å²) in [5.74, 6) is -0.165. The van der Waals surface area contributed by atoms with Crippen molar-refractivity contribution in [2.75, 3.05) is 19.0 Å². The molecule has 0 unspecified atom stereocenters. The van der Waals surface area contributed by atoms with Gasteiger partial charge in [0.15, 0.2) is 0 Å². The molecular weight excluding hydrogens is 182 g/mol. The summed E-state index contributed by atoms with van der Waals surface area (Å²) in [5, 5.41) is 11.4. The number of carboxylic acids is 1. The molecule has 4 nitrogen and oxygen atoms in total. The Morgan fingerprint density at radius 2 is 2.07 bits per heavy atom. The smallest absolute Gasteiger partial charge is 0.306 e. The molecule has 0 aliphatic rings. The van der Waals surface area contributed by atoms with Gasteiger partial charge < -0.3 is 15.2 Å². The molecule has 76 valence electrons. The molecule has 0 aliphatic heterocycles. The lowest BCUT2D eigenvalue weighted by Gasteiger charge is -2.05. The molecule has 0 saturated carbocycles. The minimum Gasteiger partial charge on any atom is -0.493 e. The first-order valence-electron chi connectivity index (χ1n) is 4.35. The second-order valence-electron chi connectivity index (χ2n) is 2.77. The van der Waals surface area contributed by atoms with Gasteiger partial charge in [-0.25, -0.2) is 0 Å². The van der Waals surface area contributed by atoms with E-state index in [1.54, 1.807) is 12.1 Å². The van der Waals surface area contributed by atoms with Crippen LogP contribution in [0.15, 0.2) is 24.3 Å². The Morgan fingerprint density at radius 3 is 2.57 bits per heavy atom. The largest absolute Gasteiger partial charge is 0.493 e. The number of carboxylic acid groups (broad SMARTS) is 1. The summed E-state index contributed by atoms with van der Waals surface area (Å²) in [4.78, 5) is 10.2. The zero-order valence-electron chi connectivity index (χ0n) is 7.99. The molecule has 0 radical (unpaired) electrons. The fourth-order valence-corrected chi connectivity index (χ4v) is 0.974. The van der Waals surface area contributed by atoms with Gasteiger partial charge in [0.05, 0.1) is 13.0 Å². The quantitative estimate of drug-likeness (QED) is 0.749. The van der Waals surface area contributed by atoms with Crippen LogP contribution in [0.2, 0.25) is 0 Å². The van der Waals surface area contributed by atoms with E-state index in [1.165, 1.54) is 0 Å². The lowest BCUT2D eigenvalue weighted by molar-refractivity contribution is -0.137. The lowest BCUT2D eigenvalue weighted by Crippen LogP contribution is -2.04. The molecule has 1 aromatic carbocycles. The number of benzene rings is 1. The lowest BCUT2D eigenvalue weighted by atomic mass is 10.3. The van der Waals surface area contributed by atoms with Gasteiger partial charge in [0.2, 0.25) is 0 Å². The van der Waals surface area contributed by atoms with Gasteiger partial charge >= 0.3 is 5.97 Å². The summed E-state index contributed by atoms with van der Waals surface area (Å²) in [7, 11) is 1.83. The Morgan fingerprint density at radius 1 is 1.43 bits per heavy atom. The van der Waals surface area contributed by atoms with Crippen molar-refractivity contribution >= 4 is 11.7 Å². The number of hydrogen-bond acceptors (Lipinski definition) is 3. The Labute approximate surface area is 82.5 Å². The molecule has 1 rings (SSSR count).